The van der Waals surface area contributed by atoms with Crippen LogP contribution in [0.4, 0.5) is 13.2 Å². The molecule has 1 heterocycles. The molecule has 1 atom stereocenters. The normalized spacial score (nSPS) is 16.1. The lowest BCUT2D eigenvalue weighted by molar-refractivity contribution is -0.121. The van der Waals surface area contributed by atoms with E-state index in [-0.39, 0.29) is 11.8 Å². The minimum absolute atomic E-state index is 0.0365. The van der Waals surface area contributed by atoms with Gasteiger partial charge in [-0.3, -0.25) is 9.78 Å². The molecule has 1 aromatic carbocycles. The molecule has 0 aliphatic heterocycles. The van der Waals surface area contributed by atoms with Gasteiger partial charge in [-0.25, -0.2) is 0 Å². The molecule has 1 aromatic heterocycles. The van der Waals surface area contributed by atoms with Crippen molar-refractivity contribution in [3.63, 3.8) is 0 Å². The third-order valence-electron chi connectivity index (χ3n) is 5.63. The second-order valence-corrected chi connectivity index (χ2v) is 8.15. The molecule has 174 valence electrons. The van der Waals surface area contributed by atoms with Crippen molar-refractivity contribution in [1.29, 1.82) is 0 Å². The monoisotopic (exact) mass is 454 g/mol. The summed E-state index contributed by atoms with van der Waals surface area (Å²) in [5.41, 5.74) is 2.29. The minimum atomic E-state index is -4.44. The minimum Gasteiger partial charge on any atom is -0.352 e. The van der Waals surface area contributed by atoms with Crippen molar-refractivity contribution in [3.05, 3.63) is 95.4 Å². The van der Waals surface area contributed by atoms with Crippen LogP contribution in [0.25, 0.3) is 5.57 Å². The number of hydrogen-bond donors (Lipinski definition) is 1. The van der Waals surface area contributed by atoms with E-state index in [0.29, 0.717) is 24.1 Å². The highest BCUT2D eigenvalue weighted by atomic mass is 19.4. The van der Waals surface area contributed by atoms with Gasteiger partial charge in [-0.1, -0.05) is 74.7 Å². The lowest BCUT2D eigenvalue weighted by Gasteiger charge is -2.19. The van der Waals surface area contributed by atoms with Gasteiger partial charge in [0.05, 0.1) is 5.57 Å². The molecule has 1 aliphatic rings. The average Bonchev–Trinajstić information content (AvgIpc) is 3.05. The number of nitrogens with one attached hydrogen (secondary N) is 1. The van der Waals surface area contributed by atoms with Crippen molar-refractivity contribution >= 4 is 11.5 Å². The van der Waals surface area contributed by atoms with Crippen LogP contribution < -0.4 is 5.32 Å². The molecule has 0 saturated carbocycles. The van der Waals surface area contributed by atoms with Crippen LogP contribution in [0.5, 0.6) is 0 Å². The van der Waals surface area contributed by atoms with E-state index in [1.165, 1.54) is 12.2 Å². The summed E-state index contributed by atoms with van der Waals surface area (Å²) in [7, 11) is 0. The Kier molecular flexibility index (Phi) is 8.64. The first kappa shape index (κ1) is 24.5. The molecule has 1 N–H and O–H groups in total. The molecule has 6 heteroatoms. The van der Waals surface area contributed by atoms with Gasteiger partial charge in [-0.05, 0) is 40.8 Å². The number of nitrogens with zero attached hydrogens (tertiary/aromatic N) is 1. The molecule has 0 saturated heterocycles. The Bertz CT molecular complexity index is 1010. The van der Waals surface area contributed by atoms with Crippen LogP contribution >= 0.6 is 0 Å². The van der Waals surface area contributed by atoms with Crippen molar-refractivity contribution in [2.24, 2.45) is 0 Å². The summed E-state index contributed by atoms with van der Waals surface area (Å²) in [6.45, 7) is 2.56. The summed E-state index contributed by atoms with van der Waals surface area (Å²) >= 11 is 0. The Morgan fingerprint density at radius 2 is 1.88 bits per heavy atom. The van der Waals surface area contributed by atoms with Gasteiger partial charge in [0.2, 0.25) is 5.91 Å². The first-order valence-electron chi connectivity index (χ1n) is 11.3. The standard InChI is InChI=1S/C27H29F3N2O/c1-2-3-4-5-11-26(33)32-18-20-12-14-21(15-13-20)24-10-6-9-23(27(28,29)30)17-25(24)22-8-7-16-31-19-22/h6-10,12-17,19,24H,2-5,11,18H2,1H3,(H,32,33). The van der Waals surface area contributed by atoms with Crippen LogP contribution in [0.1, 0.15) is 61.6 Å². The van der Waals surface area contributed by atoms with Crippen LogP contribution in [0.3, 0.4) is 0 Å². The first-order chi connectivity index (χ1) is 15.9. The van der Waals surface area contributed by atoms with E-state index in [0.717, 1.165) is 42.9 Å². The van der Waals surface area contributed by atoms with Gasteiger partial charge >= 0.3 is 6.18 Å². The van der Waals surface area contributed by atoms with Crippen molar-refractivity contribution < 1.29 is 18.0 Å². The molecule has 0 fully saturated rings. The number of amides is 1. The van der Waals surface area contributed by atoms with Crippen LogP contribution in [0, 0.1) is 0 Å². The highest BCUT2D eigenvalue weighted by Gasteiger charge is 2.33. The van der Waals surface area contributed by atoms with Crippen molar-refractivity contribution in [1.82, 2.24) is 10.3 Å². The fourth-order valence-corrected chi connectivity index (χ4v) is 3.79. The number of halogens is 3. The van der Waals surface area contributed by atoms with Gasteiger partial charge in [0.15, 0.2) is 0 Å². The van der Waals surface area contributed by atoms with E-state index in [9.17, 15) is 18.0 Å². The van der Waals surface area contributed by atoms with Gasteiger partial charge in [-0.2, -0.15) is 13.2 Å². The lowest BCUT2D eigenvalue weighted by atomic mass is 9.86. The smallest absolute Gasteiger partial charge is 0.352 e. The molecule has 0 spiro atoms. The van der Waals surface area contributed by atoms with Gasteiger partial charge in [0.1, 0.15) is 0 Å². The number of carbonyl (C=O) groups excluding carboxylic acids is 1. The highest BCUT2D eigenvalue weighted by Crippen LogP contribution is 2.39. The van der Waals surface area contributed by atoms with Gasteiger partial charge in [-0.15, -0.1) is 0 Å². The van der Waals surface area contributed by atoms with Gasteiger partial charge in [0.25, 0.3) is 0 Å². The molecule has 3 rings (SSSR count). The number of rotatable bonds is 9. The summed E-state index contributed by atoms with van der Waals surface area (Å²) in [5, 5.41) is 2.94. The first-order valence-corrected chi connectivity index (χ1v) is 11.3. The molecule has 0 radical (unpaired) electrons. The predicted octanol–water partition coefficient (Wildman–Crippen LogP) is 6.89. The maximum atomic E-state index is 13.5. The number of aromatic nitrogens is 1. The van der Waals surface area contributed by atoms with Gasteiger partial charge < -0.3 is 5.32 Å². The molecule has 1 aliphatic carbocycles. The van der Waals surface area contributed by atoms with E-state index < -0.39 is 11.7 Å². The molecule has 3 nitrogen and oxygen atoms in total. The maximum Gasteiger partial charge on any atom is 0.416 e. The lowest BCUT2D eigenvalue weighted by Crippen LogP contribution is -2.22. The van der Waals surface area contributed by atoms with Crippen LogP contribution in [0.2, 0.25) is 0 Å². The molecular weight excluding hydrogens is 425 g/mol. The van der Waals surface area contributed by atoms with Crippen molar-refractivity contribution in [2.75, 3.05) is 0 Å². The Labute approximate surface area is 193 Å². The second kappa shape index (κ2) is 11.6. The molecule has 1 unspecified atom stereocenters. The number of alkyl halides is 3. The number of unbranched alkanes of at least 4 members (excludes halogenated alkanes) is 3. The second-order valence-electron chi connectivity index (χ2n) is 8.15. The zero-order chi connectivity index (χ0) is 23.7. The van der Waals surface area contributed by atoms with Crippen molar-refractivity contribution in [2.45, 2.75) is 57.7 Å². The third-order valence-corrected chi connectivity index (χ3v) is 5.63. The highest BCUT2D eigenvalue weighted by molar-refractivity contribution is 5.77. The van der Waals surface area contributed by atoms with E-state index in [1.807, 2.05) is 24.3 Å². The largest absolute Gasteiger partial charge is 0.416 e. The van der Waals surface area contributed by atoms with E-state index in [4.69, 9.17) is 0 Å². The fourth-order valence-electron chi connectivity index (χ4n) is 3.79. The molecule has 33 heavy (non-hydrogen) atoms. The Morgan fingerprint density at radius 3 is 2.55 bits per heavy atom. The summed E-state index contributed by atoms with van der Waals surface area (Å²) in [4.78, 5) is 16.1. The Morgan fingerprint density at radius 1 is 1.09 bits per heavy atom. The number of carbonyl (C=O) groups is 1. The van der Waals surface area contributed by atoms with Crippen LogP contribution in [-0.2, 0) is 11.3 Å². The van der Waals surface area contributed by atoms with Crippen molar-refractivity contribution in [3.8, 4) is 0 Å². The summed E-state index contributed by atoms with van der Waals surface area (Å²) in [6.07, 6.45) is 9.02. The quantitative estimate of drug-likeness (QED) is 0.419. The van der Waals surface area contributed by atoms with E-state index in [2.05, 4.69) is 17.2 Å². The zero-order valence-electron chi connectivity index (χ0n) is 18.7. The topological polar surface area (TPSA) is 42.0 Å². The molecule has 1 amide bonds. The fraction of sp³-hybridized carbons (Fsp3) is 0.333. The molecular formula is C27H29F3N2O. The predicted molar refractivity (Wildman–Crippen MR) is 125 cm³/mol. The number of pyridine rings is 1. The maximum absolute atomic E-state index is 13.5. The summed E-state index contributed by atoms with van der Waals surface area (Å²) in [6, 6.07) is 11.1. The SMILES string of the molecule is CCCCCCC(=O)NCc1ccc(C2C=CC=C(C(F)(F)F)C=C2c2cccnc2)cc1. The van der Waals surface area contributed by atoms with Crippen LogP contribution in [0.15, 0.2) is 78.7 Å². The van der Waals surface area contributed by atoms with E-state index >= 15 is 0 Å². The summed E-state index contributed by atoms with van der Waals surface area (Å²) in [5.74, 6) is -0.318. The number of allylic oxidation sites excluding steroid dienone is 6. The Hall–Kier alpha value is -3.15. The van der Waals surface area contributed by atoms with Crippen LogP contribution in [-0.4, -0.2) is 17.1 Å². The molecule has 2 aromatic rings. The summed E-state index contributed by atoms with van der Waals surface area (Å²) < 4.78 is 40.4. The Balaban J connectivity index is 1.74. The average molecular weight is 455 g/mol. The number of benzene rings is 1. The van der Waals surface area contributed by atoms with E-state index in [1.54, 1.807) is 30.6 Å². The zero-order valence-corrected chi connectivity index (χ0v) is 18.7. The third kappa shape index (κ3) is 7.17. The number of hydrogen-bond acceptors (Lipinski definition) is 2. The van der Waals surface area contributed by atoms with Gasteiger partial charge in [0, 0.05) is 31.3 Å². The molecule has 0 bridgehead atoms.